The van der Waals surface area contributed by atoms with Crippen molar-refractivity contribution in [3.05, 3.63) is 52.4 Å². The monoisotopic (exact) mass is 258 g/mol. The third-order valence-electron chi connectivity index (χ3n) is 2.67. The van der Waals surface area contributed by atoms with Crippen molar-refractivity contribution in [2.24, 2.45) is 0 Å². The number of rotatable bonds is 2. The van der Waals surface area contributed by atoms with Crippen molar-refractivity contribution in [3.8, 4) is 0 Å². The number of carbonyl (C=O) groups excluding carboxylic acids is 1. The lowest BCUT2D eigenvalue weighted by atomic mass is 10.2. The molecule has 0 radical (unpaired) electrons. The van der Waals surface area contributed by atoms with E-state index in [-0.39, 0.29) is 5.76 Å². The first kappa shape index (κ1) is 11.3. The van der Waals surface area contributed by atoms with Gasteiger partial charge in [-0.1, -0.05) is 11.6 Å². The fourth-order valence-corrected chi connectivity index (χ4v) is 1.77. The molecule has 0 fully saturated rings. The van der Waals surface area contributed by atoms with E-state index in [2.05, 4.69) is 15.6 Å². The fraction of sp³-hybridized carbons (Fsp3) is 0.0833. The Morgan fingerprint density at radius 2 is 2.26 bits per heavy atom. The third-order valence-corrected chi connectivity index (χ3v) is 2.67. The van der Waals surface area contributed by atoms with Gasteiger partial charge in [0.1, 0.15) is 11.9 Å². The number of benzene rings is 1. The maximum atomic E-state index is 11.9. The summed E-state index contributed by atoms with van der Waals surface area (Å²) < 4.78 is 6.36. The summed E-state index contributed by atoms with van der Waals surface area (Å²) in [5, 5.41) is 6.51. The standard InChI is InChI=1S/C12H10N4O3/c1-7-2-3-9-8(4-7)5-10(19-9)11(17)15-16-6-13-14-12(16)18/h2-6H,1H3,(H,14,18)(H,15,17). The molecule has 2 aromatic heterocycles. The van der Waals surface area contributed by atoms with Gasteiger partial charge in [-0.2, -0.15) is 9.77 Å². The van der Waals surface area contributed by atoms with Gasteiger partial charge in [-0.3, -0.25) is 10.2 Å². The van der Waals surface area contributed by atoms with E-state index < -0.39 is 11.6 Å². The van der Waals surface area contributed by atoms with E-state index >= 15 is 0 Å². The van der Waals surface area contributed by atoms with Crippen molar-refractivity contribution in [1.29, 1.82) is 0 Å². The lowest BCUT2D eigenvalue weighted by Crippen LogP contribution is -2.30. The average Bonchev–Trinajstić information content (AvgIpc) is 2.96. The molecule has 96 valence electrons. The van der Waals surface area contributed by atoms with Crippen LogP contribution in [0, 0.1) is 6.92 Å². The number of aromatic nitrogens is 3. The largest absolute Gasteiger partial charge is 0.451 e. The summed E-state index contributed by atoms with van der Waals surface area (Å²) in [5.74, 6) is -0.383. The SMILES string of the molecule is Cc1ccc2oc(C(=O)Nn3cn[nH]c3=O)cc2c1. The molecule has 0 aliphatic carbocycles. The molecule has 0 bridgehead atoms. The van der Waals surface area contributed by atoms with Crippen LogP contribution in [0.3, 0.4) is 0 Å². The molecule has 1 aromatic carbocycles. The predicted molar refractivity (Wildman–Crippen MR) is 67.5 cm³/mol. The van der Waals surface area contributed by atoms with Crippen LogP contribution in [0.2, 0.25) is 0 Å². The first-order chi connectivity index (χ1) is 9.13. The lowest BCUT2D eigenvalue weighted by molar-refractivity contribution is 0.0983. The van der Waals surface area contributed by atoms with Crippen LogP contribution in [-0.4, -0.2) is 20.8 Å². The summed E-state index contributed by atoms with van der Waals surface area (Å²) in [6.45, 7) is 1.96. The molecule has 0 aliphatic rings. The van der Waals surface area contributed by atoms with Crippen LogP contribution in [-0.2, 0) is 0 Å². The van der Waals surface area contributed by atoms with Crippen LogP contribution in [0.4, 0.5) is 0 Å². The third kappa shape index (κ3) is 2.01. The number of carbonyl (C=O) groups is 1. The molecule has 0 unspecified atom stereocenters. The highest BCUT2D eigenvalue weighted by Crippen LogP contribution is 2.20. The smallest absolute Gasteiger partial charge is 0.362 e. The fourth-order valence-electron chi connectivity index (χ4n) is 1.77. The number of furan rings is 1. The first-order valence-electron chi connectivity index (χ1n) is 5.57. The summed E-state index contributed by atoms with van der Waals surface area (Å²) >= 11 is 0. The summed E-state index contributed by atoms with van der Waals surface area (Å²) in [7, 11) is 0. The number of amides is 1. The molecule has 3 rings (SSSR count). The van der Waals surface area contributed by atoms with Gasteiger partial charge in [-0.15, -0.1) is 0 Å². The van der Waals surface area contributed by atoms with Crippen LogP contribution in [0.25, 0.3) is 11.0 Å². The van der Waals surface area contributed by atoms with Crippen LogP contribution in [0.5, 0.6) is 0 Å². The molecule has 0 aliphatic heterocycles. The van der Waals surface area contributed by atoms with Gasteiger partial charge in [0.25, 0.3) is 0 Å². The van der Waals surface area contributed by atoms with Crippen molar-refractivity contribution >= 4 is 16.9 Å². The van der Waals surface area contributed by atoms with Gasteiger partial charge in [-0.25, -0.2) is 9.89 Å². The first-order valence-corrected chi connectivity index (χ1v) is 5.57. The Morgan fingerprint density at radius 3 is 3.00 bits per heavy atom. The molecule has 7 heteroatoms. The maximum Gasteiger partial charge on any atom is 0.362 e. The average molecular weight is 258 g/mol. The van der Waals surface area contributed by atoms with Crippen molar-refractivity contribution in [2.75, 3.05) is 5.43 Å². The highest BCUT2D eigenvalue weighted by atomic mass is 16.3. The van der Waals surface area contributed by atoms with Crippen molar-refractivity contribution in [2.45, 2.75) is 6.92 Å². The number of aromatic amines is 1. The number of H-pyrrole nitrogens is 1. The second-order valence-corrected chi connectivity index (χ2v) is 4.12. The van der Waals surface area contributed by atoms with Gasteiger partial charge in [0.15, 0.2) is 5.76 Å². The van der Waals surface area contributed by atoms with Gasteiger partial charge in [0.05, 0.1) is 0 Å². The molecule has 2 heterocycles. The van der Waals surface area contributed by atoms with E-state index in [1.807, 2.05) is 19.1 Å². The Balaban J connectivity index is 1.93. The van der Waals surface area contributed by atoms with Crippen LogP contribution in [0.1, 0.15) is 16.1 Å². The minimum absolute atomic E-state index is 0.133. The second-order valence-electron chi connectivity index (χ2n) is 4.12. The Kier molecular flexibility index (Phi) is 2.45. The van der Waals surface area contributed by atoms with Crippen molar-refractivity contribution in [1.82, 2.24) is 14.9 Å². The quantitative estimate of drug-likeness (QED) is 0.717. The molecule has 1 amide bonds. The summed E-state index contributed by atoms with van der Waals surface area (Å²) in [5.41, 5.74) is 3.53. The minimum atomic E-state index is -0.527. The summed E-state index contributed by atoms with van der Waals surface area (Å²) in [6, 6.07) is 7.24. The number of nitrogens with zero attached hydrogens (tertiary/aromatic N) is 2. The number of hydrogen-bond donors (Lipinski definition) is 2. The molecule has 3 aromatic rings. The van der Waals surface area contributed by atoms with E-state index in [0.29, 0.717) is 5.58 Å². The van der Waals surface area contributed by atoms with Crippen molar-refractivity contribution in [3.63, 3.8) is 0 Å². The molecule has 2 N–H and O–H groups in total. The Bertz CT molecular complexity index is 812. The predicted octanol–water partition coefficient (Wildman–Crippen LogP) is 1.01. The van der Waals surface area contributed by atoms with E-state index in [1.54, 1.807) is 12.1 Å². The maximum absolute atomic E-state index is 11.9. The van der Waals surface area contributed by atoms with Gasteiger partial charge in [-0.05, 0) is 25.1 Å². The van der Waals surface area contributed by atoms with Gasteiger partial charge in [0, 0.05) is 5.39 Å². The van der Waals surface area contributed by atoms with Crippen LogP contribution >= 0.6 is 0 Å². The highest BCUT2D eigenvalue weighted by molar-refractivity contribution is 6.00. The Morgan fingerprint density at radius 1 is 1.42 bits per heavy atom. The Hall–Kier alpha value is -2.83. The minimum Gasteiger partial charge on any atom is -0.451 e. The van der Waals surface area contributed by atoms with Crippen LogP contribution in [0.15, 0.2) is 39.8 Å². The van der Waals surface area contributed by atoms with Gasteiger partial charge < -0.3 is 4.42 Å². The second kappa shape index (κ2) is 4.13. The topological polar surface area (TPSA) is 92.9 Å². The molecule has 0 saturated heterocycles. The van der Waals surface area contributed by atoms with E-state index in [0.717, 1.165) is 15.6 Å². The molecular weight excluding hydrogens is 248 g/mol. The zero-order valence-corrected chi connectivity index (χ0v) is 10.0. The molecule has 7 nitrogen and oxygen atoms in total. The van der Waals surface area contributed by atoms with Crippen LogP contribution < -0.4 is 11.1 Å². The highest BCUT2D eigenvalue weighted by Gasteiger charge is 2.13. The van der Waals surface area contributed by atoms with Gasteiger partial charge in [0.2, 0.25) is 0 Å². The van der Waals surface area contributed by atoms with E-state index in [9.17, 15) is 9.59 Å². The van der Waals surface area contributed by atoms with Gasteiger partial charge >= 0.3 is 11.6 Å². The molecular formula is C12H10N4O3. The zero-order valence-electron chi connectivity index (χ0n) is 10.0. The zero-order chi connectivity index (χ0) is 13.4. The van der Waals surface area contributed by atoms with E-state index in [4.69, 9.17) is 4.42 Å². The Labute approximate surface area is 106 Å². The summed E-state index contributed by atoms with van der Waals surface area (Å²) in [6.07, 6.45) is 1.17. The molecule has 0 spiro atoms. The molecule has 19 heavy (non-hydrogen) atoms. The van der Waals surface area contributed by atoms with Crippen molar-refractivity contribution < 1.29 is 9.21 Å². The number of hydrogen-bond acceptors (Lipinski definition) is 4. The normalized spacial score (nSPS) is 10.8. The summed E-state index contributed by atoms with van der Waals surface area (Å²) in [4.78, 5) is 23.1. The van der Waals surface area contributed by atoms with E-state index in [1.165, 1.54) is 6.33 Å². The molecule has 0 atom stereocenters. The number of nitrogens with one attached hydrogen (secondary N) is 2. The number of aryl methyl sites for hydroxylation is 1. The lowest BCUT2D eigenvalue weighted by Gasteiger charge is -1.99. The molecule has 0 saturated carbocycles. The number of fused-ring (bicyclic) bond motifs is 1.